The Hall–Kier alpha value is -1.75. The molecule has 2 rings (SSSR count). The highest BCUT2D eigenvalue weighted by Crippen LogP contribution is 2.33. The quantitative estimate of drug-likeness (QED) is 0.689. The molecule has 126 valence electrons. The molecule has 1 N–H and O–H groups in total. The molecule has 0 aliphatic rings. The highest BCUT2D eigenvalue weighted by molar-refractivity contribution is 6.42. The molecular formula is C17H14Cl3NO3. The molecule has 0 spiro atoms. The topological polar surface area (TPSA) is 55.4 Å². The van der Waals surface area contributed by atoms with Crippen molar-refractivity contribution in [3.05, 3.63) is 57.0 Å². The summed E-state index contributed by atoms with van der Waals surface area (Å²) < 4.78 is 5.38. The van der Waals surface area contributed by atoms with Crippen molar-refractivity contribution >= 4 is 52.2 Å². The molecule has 0 unspecified atom stereocenters. The van der Waals surface area contributed by atoms with Gasteiger partial charge in [0, 0.05) is 17.0 Å². The van der Waals surface area contributed by atoms with Gasteiger partial charge < -0.3 is 10.1 Å². The molecule has 0 heterocycles. The molecule has 7 heteroatoms. The molecule has 0 aliphatic heterocycles. The van der Waals surface area contributed by atoms with Gasteiger partial charge in [0.25, 0.3) is 5.91 Å². The Balaban J connectivity index is 1.95. The van der Waals surface area contributed by atoms with Gasteiger partial charge in [-0.2, -0.15) is 0 Å². The number of amides is 1. The monoisotopic (exact) mass is 385 g/mol. The van der Waals surface area contributed by atoms with Crippen LogP contribution in [0.15, 0.2) is 36.4 Å². The Morgan fingerprint density at radius 2 is 1.62 bits per heavy atom. The van der Waals surface area contributed by atoms with Crippen molar-refractivity contribution in [1.29, 1.82) is 0 Å². The fourth-order valence-electron chi connectivity index (χ4n) is 1.93. The molecule has 0 aliphatic carbocycles. The first-order valence-electron chi connectivity index (χ1n) is 7.11. The summed E-state index contributed by atoms with van der Waals surface area (Å²) in [5.41, 5.74) is 0.884. The molecule has 24 heavy (non-hydrogen) atoms. The molecule has 1 amide bonds. The van der Waals surface area contributed by atoms with Gasteiger partial charge in [-0.3, -0.25) is 9.59 Å². The molecule has 2 aromatic carbocycles. The van der Waals surface area contributed by atoms with Crippen LogP contribution >= 0.6 is 34.8 Å². The van der Waals surface area contributed by atoms with Crippen molar-refractivity contribution in [3.63, 3.8) is 0 Å². The molecule has 0 saturated carbocycles. The fraction of sp³-hybridized carbons (Fsp3) is 0.176. The van der Waals surface area contributed by atoms with E-state index in [2.05, 4.69) is 5.32 Å². The summed E-state index contributed by atoms with van der Waals surface area (Å²) in [6, 6.07) is 9.55. The highest BCUT2D eigenvalue weighted by atomic mass is 35.5. The van der Waals surface area contributed by atoms with Crippen molar-refractivity contribution < 1.29 is 14.3 Å². The lowest BCUT2D eigenvalue weighted by Gasteiger charge is -2.11. The normalized spacial score (nSPS) is 10.3. The number of ketones is 1. The fourth-order valence-corrected chi connectivity index (χ4v) is 2.84. The van der Waals surface area contributed by atoms with Gasteiger partial charge in [0.05, 0.1) is 15.7 Å². The van der Waals surface area contributed by atoms with Crippen LogP contribution in [0.2, 0.25) is 15.1 Å². The van der Waals surface area contributed by atoms with Crippen molar-refractivity contribution in [2.24, 2.45) is 0 Å². The highest BCUT2D eigenvalue weighted by Gasteiger charge is 2.12. The van der Waals surface area contributed by atoms with Crippen LogP contribution in [0.4, 0.5) is 5.69 Å². The second-order valence-electron chi connectivity index (χ2n) is 4.88. The van der Waals surface area contributed by atoms with Crippen LogP contribution in [0.25, 0.3) is 0 Å². The van der Waals surface area contributed by atoms with E-state index >= 15 is 0 Å². The number of nitrogens with one attached hydrogen (secondary N) is 1. The molecule has 0 fully saturated rings. The van der Waals surface area contributed by atoms with Gasteiger partial charge in [-0.1, -0.05) is 41.7 Å². The first-order valence-corrected chi connectivity index (χ1v) is 8.24. The summed E-state index contributed by atoms with van der Waals surface area (Å²) in [5.74, 6) is 0.104. The lowest BCUT2D eigenvalue weighted by Crippen LogP contribution is -2.20. The maximum absolute atomic E-state index is 12.0. The van der Waals surface area contributed by atoms with Gasteiger partial charge in [0.15, 0.2) is 12.4 Å². The number of hydrogen-bond acceptors (Lipinski definition) is 3. The number of hydrogen-bond donors (Lipinski definition) is 1. The number of halogens is 3. The van der Waals surface area contributed by atoms with Gasteiger partial charge >= 0.3 is 0 Å². The van der Waals surface area contributed by atoms with Crippen molar-refractivity contribution in [2.75, 3.05) is 11.9 Å². The largest absolute Gasteiger partial charge is 0.484 e. The van der Waals surface area contributed by atoms with Gasteiger partial charge in [0.2, 0.25) is 0 Å². The summed E-state index contributed by atoms with van der Waals surface area (Å²) in [6.45, 7) is 1.57. The van der Waals surface area contributed by atoms with E-state index in [1.807, 2.05) is 0 Å². The number of carbonyl (C=O) groups excluding carboxylic acids is 2. The van der Waals surface area contributed by atoms with E-state index in [1.54, 1.807) is 31.2 Å². The van der Waals surface area contributed by atoms with E-state index < -0.39 is 5.91 Å². The van der Waals surface area contributed by atoms with Gasteiger partial charge in [0.1, 0.15) is 5.75 Å². The molecule has 0 atom stereocenters. The van der Waals surface area contributed by atoms with Crippen LogP contribution in [0, 0.1) is 0 Å². The van der Waals surface area contributed by atoms with Crippen LogP contribution in [0.1, 0.15) is 23.7 Å². The van der Waals surface area contributed by atoms with Crippen molar-refractivity contribution in [3.8, 4) is 5.75 Å². The Kier molecular flexibility index (Phi) is 6.49. The van der Waals surface area contributed by atoms with Crippen LogP contribution in [0.5, 0.6) is 5.75 Å². The molecule has 0 saturated heterocycles. The Labute approximate surface area is 154 Å². The van der Waals surface area contributed by atoms with E-state index in [0.717, 1.165) is 0 Å². The second-order valence-corrected chi connectivity index (χ2v) is 6.13. The number of Topliss-reactive ketones (excluding diaryl/α,β-unsaturated/α-hetero) is 1. The smallest absolute Gasteiger partial charge is 0.262 e. The molecule has 4 nitrogen and oxygen atoms in total. The number of ether oxygens (including phenoxy) is 1. The summed E-state index contributed by atoms with van der Waals surface area (Å²) in [6.07, 6.45) is 0.436. The minimum atomic E-state index is -0.421. The zero-order chi connectivity index (χ0) is 17.7. The third kappa shape index (κ3) is 4.87. The second kappa shape index (κ2) is 8.38. The molecule has 2 aromatic rings. The number of carbonyl (C=O) groups is 2. The number of benzene rings is 2. The minimum absolute atomic E-state index is 0.0475. The maximum Gasteiger partial charge on any atom is 0.262 e. The van der Waals surface area contributed by atoms with E-state index in [-0.39, 0.29) is 28.1 Å². The van der Waals surface area contributed by atoms with E-state index in [9.17, 15) is 9.59 Å². The third-order valence-corrected chi connectivity index (χ3v) is 3.95. The van der Waals surface area contributed by atoms with E-state index in [0.29, 0.717) is 22.8 Å². The van der Waals surface area contributed by atoms with Crippen LogP contribution in [-0.2, 0) is 4.79 Å². The lowest BCUT2D eigenvalue weighted by atomic mass is 10.1. The predicted octanol–water partition coefficient (Wildman–Crippen LogP) is 5.26. The van der Waals surface area contributed by atoms with Crippen LogP contribution in [0.3, 0.4) is 0 Å². The van der Waals surface area contributed by atoms with Gasteiger partial charge in [-0.15, -0.1) is 0 Å². The molecule has 0 aromatic heterocycles. The lowest BCUT2D eigenvalue weighted by molar-refractivity contribution is -0.118. The summed E-state index contributed by atoms with van der Waals surface area (Å²) >= 11 is 17.8. The summed E-state index contributed by atoms with van der Waals surface area (Å²) in [4.78, 5) is 23.5. The summed E-state index contributed by atoms with van der Waals surface area (Å²) in [7, 11) is 0. The van der Waals surface area contributed by atoms with E-state index in [4.69, 9.17) is 39.5 Å². The first-order chi connectivity index (χ1) is 11.4. The third-order valence-electron chi connectivity index (χ3n) is 3.14. The van der Waals surface area contributed by atoms with Crippen molar-refractivity contribution in [2.45, 2.75) is 13.3 Å². The predicted molar refractivity (Wildman–Crippen MR) is 96.7 cm³/mol. The minimum Gasteiger partial charge on any atom is -0.484 e. The summed E-state index contributed by atoms with van der Waals surface area (Å²) in [5, 5.41) is 3.43. The average Bonchev–Trinajstić information content (AvgIpc) is 2.56. The molecule has 0 bridgehead atoms. The van der Waals surface area contributed by atoms with Gasteiger partial charge in [-0.25, -0.2) is 0 Å². The van der Waals surface area contributed by atoms with Gasteiger partial charge in [-0.05, 0) is 36.4 Å². The van der Waals surface area contributed by atoms with Crippen LogP contribution < -0.4 is 10.1 Å². The molecular weight excluding hydrogens is 373 g/mol. The maximum atomic E-state index is 12.0. The first kappa shape index (κ1) is 18.6. The van der Waals surface area contributed by atoms with E-state index in [1.165, 1.54) is 12.1 Å². The SMILES string of the molecule is CCC(=O)c1ccc(OCC(=O)Nc2c(Cl)cc(Cl)cc2Cl)cc1. The zero-order valence-electron chi connectivity index (χ0n) is 12.7. The van der Waals surface area contributed by atoms with Crippen molar-refractivity contribution in [1.82, 2.24) is 0 Å². The molecule has 0 radical (unpaired) electrons. The number of rotatable bonds is 6. The zero-order valence-corrected chi connectivity index (χ0v) is 15.0. The standard InChI is InChI=1S/C17H14Cl3NO3/c1-2-15(22)10-3-5-12(6-4-10)24-9-16(23)21-17-13(19)7-11(18)8-14(17)20/h3-8H,2,9H2,1H3,(H,21,23). The Bertz CT molecular complexity index is 737. The van der Waals surface area contributed by atoms with Crippen LogP contribution in [-0.4, -0.2) is 18.3 Å². The Morgan fingerprint density at radius 1 is 1.04 bits per heavy atom. The number of anilines is 1. The average molecular weight is 387 g/mol. The Morgan fingerprint density at radius 3 is 2.17 bits per heavy atom.